The lowest BCUT2D eigenvalue weighted by Gasteiger charge is -2.33. The van der Waals surface area contributed by atoms with Crippen molar-refractivity contribution in [2.24, 2.45) is 0 Å². The van der Waals surface area contributed by atoms with Crippen LogP contribution in [-0.4, -0.2) is 36.2 Å². The summed E-state index contributed by atoms with van der Waals surface area (Å²) in [5.74, 6) is 0.620. The van der Waals surface area contributed by atoms with Crippen LogP contribution in [-0.2, 0) is 39.2 Å². The number of benzene rings is 5. The van der Waals surface area contributed by atoms with Crippen LogP contribution in [0.3, 0.4) is 0 Å². The average Bonchev–Trinajstić information content (AvgIpc) is 3.13. The van der Waals surface area contributed by atoms with Gasteiger partial charge in [-0.2, -0.15) is 4.31 Å². The highest BCUT2D eigenvalue weighted by Gasteiger charge is 2.39. The molecule has 0 saturated heterocycles. The summed E-state index contributed by atoms with van der Waals surface area (Å²) in [4.78, 5) is 23.1. The Morgan fingerprint density at radius 2 is 1.22 bits per heavy atom. The molecule has 2 atom stereocenters. The Morgan fingerprint density at radius 3 is 1.74 bits per heavy atom. The van der Waals surface area contributed by atoms with Gasteiger partial charge in [-0.25, -0.2) is 8.42 Å². The SMILES string of the molecule is CC(=O)O[C@H](c1ccc(OCc2ccccc2)cc1)[C@H](C)N(CCc1ccc(OCc2ccccc2)cc1)S(=O)(=O)c1ccccc1[N+](=O)[O-]. The molecule has 0 aromatic heterocycles. The summed E-state index contributed by atoms with van der Waals surface area (Å²) < 4.78 is 47.4. The Morgan fingerprint density at radius 1 is 0.720 bits per heavy atom. The first-order chi connectivity index (χ1) is 24.1. The predicted octanol–water partition coefficient (Wildman–Crippen LogP) is 7.68. The number of hydrogen-bond donors (Lipinski definition) is 0. The molecule has 0 saturated carbocycles. The van der Waals surface area contributed by atoms with Crippen molar-refractivity contribution in [3.63, 3.8) is 0 Å². The molecular formula is C39H38N2O8S. The lowest BCUT2D eigenvalue weighted by atomic mass is 10.0. The number of carbonyl (C=O) groups is 1. The Kier molecular flexibility index (Phi) is 12.0. The molecule has 0 aliphatic rings. The maximum absolute atomic E-state index is 14.3. The number of ether oxygens (including phenoxy) is 3. The minimum absolute atomic E-state index is 0.0597. The molecule has 0 spiro atoms. The van der Waals surface area contributed by atoms with Crippen LogP contribution in [0.1, 0.15) is 42.2 Å². The van der Waals surface area contributed by atoms with Crippen molar-refractivity contribution in [3.8, 4) is 11.5 Å². The van der Waals surface area contributed by atoms with Gasteiger partial charge in [0.25, 0.3) is 5.69 Å². The molecule has 0 N–H and O–H groups in total. The molecule has 5 rings (SSSR count). The zero-order valence-corrected chi connectivity index (χ0v) is 28.6. The second-order valence-electron chi connectivity index (χ2n) is 11.6. The Hall–Kier alpha value is -5.52. The highest BCUT2D eigenvalue weighted by Crippen LogP contribution is 2.34. The lowest BCUT2D eigenvalue weighted by Crippen LogP contribution is -2.44. The number of hydrogen-bond acceptors (Lipinski definition) is 8. The second-order valence-corrected chi connectivity index (χ2v) is 13.5. The summed E-state index contributed by atoms with van der Waals surface area (Å²) in [5.41, 5.74) is 2.82. The summed E-state index contributed by atoms with van der Waals surface area (Å²) in [6.45, 7) is 3.57. The number of nitro groups is 1. The zero-order valence-electron chi connectivity index (χ0n) is 27.8. The van der Waals surface area contributed by atoms with Gasteiger partial charge in [0.2, 0.25) is 10.0 Å². The van der Waals surface area contributed by atoms with Crippen LogP contribution in [0.15, 0.2) is 138 Å². The Balaban J connectivity index is 1.40. The van der Waals surface area contributed by atoms with Gasteiger partial charge < -0.3 is 14.2 Å². The van der Waals surface area contributed by atoms with Gasteiger partial charge in [0.15, 0.2) is 4.90 Å². The van der Waals surface area contributed by atoms with Crippen molar-refractivity contribution in [1.82, 2.24) is 4.31 Å². The van der Waals surface area contributed by atoms with E-state index in [0.29, 0.717) is 30.3 Å². The second kappa shape index (κ2) is 16.7. The van der Waals surface area contributed by atoms with Gasteiger partial charge in [-0.15, -0.1) is 0 Å². The maximum atomic E-state index is 14.3. The molecule has 50 heavy (non-hydrogen) atoms. The standard InChI is InChI=1S/C39H38N2O8S/c1-29(39(49-30(2)42)34-19-23-36(24-20-34)48-28-33-13-7-4-8-14-33)40(50(45,46)38-16-10-9-15-37(38)41(43)44)26-25-31-17-21-35(22-18-31)47-27-32-11-5-3-6-12-32/h3-24,29,39H,25-28H2,1-2H3/t29-,39-/m0/s1. The molecule has 5 aromatic rings. The van der Waals surface area contributed by atoms with E-state index in [1.54, 1.807) is 31.2 Å². The summed E-state index contributed by atoms with van der Waals surface area (Å²) >= 11 is 0. The minimum Gasteiger partial charge on any atom is -0.489 e. The van der Waals surface area contributed by atoms with E-state index in [1.807, 2.05) is 84.9 Å². The molecule has 0 radical (unpaired) electrons. The van der Waals surface area contributed by atoms with E-state index in [1.165, 1.54) is 29.4 Å². The molecule has 5 aromatic carbocycles. The molecule has 0 aliphatic carbocycles. The van der Waals surface area contributed by atoms with Crippen LogP contribution in [0, 0.1) is 10.1 Å². The van der Waals surface area contributed by atoms with E-state index in [-0.39, 0.29) is 13.0 Å². The number of sulfonamides is 1. The van der Waals surface area contributed by atoms with Gasteiger partial charge in [-0.1, -0.05) is 97.1 Å². The third-order valence-corrected chi connectivity index (χ3v) is 10.1. The third-order valence-electron chi connectivity index (χ3n) is 8.08. The van der Waals surface area contributed by atoms with Crippen molar-refractivity contribution >= 4 is 21.7 Å². The summed E-state index contributed by atoms with van der Waals surface area (Å²) in [6, 6.07) is 37.9. The van der Waals surface area contributed by atoms with Crippen LogP contribution in [0.25, 0.3) is 0 Å². The molecule has 0 fully saturated rings. The summed E-state index contributed by atoms with van der Waals surface area (Å²) in [7, 11) is -4.48. The number of esters is 1. The van der Waals surface area contributed by atoms with Crippen molar-refractivity contribution < 1.29 is 32.3 Å². The Bertz CT molecular complexity index is 1970. The van der Waals surface area contributed by atoms with Gasteiger partial charge in [-0.05, 0) is 65.9 Å². The monoisotopic (exact) mass is 694 g/mol. The molecule has 258 valence electrons. The van der Waals surface area contributed by atoms with Gasteiger partial charge in [0.1, 0.15) is 30.8 Å². The lowest BCUT2D eigenvalue weighted by molar-refractivity contribution is -0.387. The molecular weight excluding hydrogens is 657 g/mol. The van der Waals surface area contributed by atoms with E-state index in [9.17, 15) is 23.3 Å². The van der Waals surface area contributed by atoms with E-state index < -0.39 is 43.6 Å². The van der Waals surface area contributed by atoms with Crippen LogP contribution >= 0.6 is 0 Å². The smallest absolute Gasteiger partial charge is 0.303 e. The molecule has 0 bridgehead atoms. The Labute approximate surface area is 292 Å². The van der Waals surface area contributed by atoms with Crippen LogP contribution in [0.2, 0.25) is 0 Å². The van der Waals surface area contributed by atoms with E-state index in [4.69, 9.17) is 14.2 Å². The number of para-hydroxylation sites is 1. The molecule has 0 heterocycles. The van der Waals surface area contributed by atoms with E-state index in [0.717, 1.165) is 22.8 Å². The molecule has 0 aliphatic heterocycles. The topological polar surface area (TPSA) is 125 Å². The molecule has 10 nitrogen and oxygen atoms in total. The van der Waals surface area contributed by atoms with Gasteiger partial charge >= 0.3 is 5.97 Å². The van der Waals surface area contributed by atoms with Crippen LogP contribution in [0.5, 0.6) is 11.5 Å². The van der Waals surface area contributed by atoms with Gasteiger partial charge in [0.05, 0.1) is 11.0 Å². The first-order valence-electron chi connectivity index (χ1n) is 16.1. The van der Waals surface area contributed by atoms with Crippen molar-refractivity contribution in [2.45, 2.75) is 50.5 Å². The molecule has 0 unspecified atom stereocenters. The van der Waals surface area contributed by atoms with Gasteiger partial charge in [-0.3, -0.25) is 14.9 Å². The summed E-state index contributed by atoms with van der Waals surface area (Å²) in [5, 5.41) is 11.9. The predicted molar refractivity (Wildman–Crippen MR) is 189 cm³/mol. The zero-order chi connectivity index (χ0) is 35.5. The van der Waals surface area contributed by atoms with Crippen molar-refractivity contribution in [1.29, 1.82) is 0 Å². The fraction of sp³-hybridized carbons (Fsp3) is 0.205. The third kappa shape index (κ3) is 9.34. The molecule has 0 amide bonds. The minimum atomic E-state index is -4.48. The first-order valence-corrected chi connectivity index (χ1v) is 17.5. The summed E-state index contributed by atoms with van der Waals surface area (Å²) in [6.07, 6.45) is -0.774. The quantitative estimate of drug-likeness (QED) is 0.0585. The van der Waals surface area contributed by atoms with E-state index in [2.05, 4.69) is 0 Å². The van der Waals surface area contributed by atoms with Crippen molar-refractivity contribution in [3.05, 3.63) is 166 Å². The van der Waals surface area contributed by atoms with E-state index >= 15 is 0 Å². The number of nitro benzene ring substituents is 1. The number of nitrogens with zero attached hydrogens (tertiary/aromatic N) is 2. The van der Waals surface area contributed by atoms with Crippen LogP contribution in [0.4, 0.5) is 5.69 Å². The normalized spacial score (nSPS) is 12.5. The largest absolute Gasteiger partial charge is 0.489 e. The highest BCUT2D eigenvalue weighted by atomic mass is 32.2. The first kappa shape index (κ1) is 35.8. The van der Waals surface area contributed by atoms with Crippen LogP contribution < -0.4 is 9.47 Å². The maximum Gasteiger partial charge on any atom is 0.303 e. The fourth-order valence-electron chi connectivity index (χ4n) is 5.50. The van der Waals surface area contributed by atoms with Crippen molar-refractivity contribution in [2.75, 3.05) is 6.54 Å². The molecule has 11 heteroatoms. The number of carbonyl (C=O) groups excluding carboxylic acids is 1. The number of rotatable bonds is 16. The van der Waals surface area contributed by atoms with Gasteiger partial charge in [0, 0.05) is 19.5 Å². The average molecular weight is 695 g/mol. The highest BCUT2D eigenvalue weighted by molar-refractivity contribution is 7.89. The fourth-order valence-corrected chi connectivity index (χ4v) is 7.29.